The van der Waals surface area contributed by atoms with Crippen molar-refractivity contribution in [2.45, 2.75) is 33.1 Å². The van der Waals surface area contributed by atoms with Gasteiger partial charge in [-0.1, -0.05) is 25.1 Å². The monoisotopic (exact) mass is 298 g/mol. The second-order valence-corrected chi connectivity index (χ2v) is 6.28. The molecule has 0 atom stereocenters. The van der Waals surface area contributed by atoms with E-state index >= 15 is 0 Å². The van der Waals surface area contributed by atoms with Gasteiger partial charge in [0.1, 0.15) is 0 Å². The Bertz CT molecular complexity index is 704. The molecular weight excluding hydrogens is 276 g/mol. The highest BCUT2D eigenvalue weighted by Gasteiger charge is 2.23. The molecular formula is C18H22N2O2. The van der Waals surface area contributed by atoms with E-state index in [-0.39, 0.29) is 6.42 Å². The first-order valence-corrected chi connectivity index (χ1v) is 7.91. The average molecular weight is 298 g/mol. The summed E-state index contributed by atoms with van der Waals surface area (Å²) < 4.78 is 0. The van der Waals surface area contributed by atoms with Crippen molar-refractivity contribution in [2.75, 3.05) is 18.0 Å². The van der Waals surface area contributed by atoms with Gasteiger partial charge < -0.3 is 10.0 Å². The molecule has 3 rings (SSSR count). The number of rotatable bonds is 3. The van der Waals surface area contributed by atoms with Crippen LogP contribution in [0.2, 0.25) is 0 Å². The van der Waals surface area contributed by atoms with Crippen molar-refractivity contribution in [3.63, 3.8) is 0 Å². The molecule has 2 heterocycles. The maximum atomic E-state index is 11.3. The van der Waals surface area contributed by atoms with Crippen LogP contribution in [0.25, 0.3) is 10.9 Å². The number of aromatic nitrogens is 1. The first kappa shape index (κ1) is 14.8. The number of nitrogens with zero attached hydrogens (tertiary/aromatic N) is 2. The van der Waals surface area contributed by atoms with Gasteiger partial charge in [-0.15, -0.1) is 0 Å². The number of para-hydroxylation sites is 1. The number of pyridine rings is 1. The Labute approximate surface area is 130 Å². The first-order valence-electron chi connectivity index (χ1n) is 7.91. The van der Waals surface area contributed by atoms with E-state index in [0.29, 0.717) is 0 Å². The van der Waals surface area contributed by atoms with Crippen LogP contribution in [0.3, 0.4) is 0 Å². The molecule has 116 valence electrons. The molecule has 22 heavy (non-hydrogen) atoms. The summed E-state index contributed by atoms with van der Waals surface area (Å²) in [5.41, 5.74) is 3.72. The van der Waals surface area contributed by atoms with Gasteiger partial charge in [0.15, 0.2) is 0 Å². The molecule has 1 aliphatic heterocycles. The molecule has 1 aliphatic rings. The molecule has 4 nitrogen and oxygen atoms in total. The third-order valence-electron chi connectivity index (χ3n) is 4.60. The van der Waals surface area contributed by atoms with Crippen LogP contribution in [0.15, 0.2) is 24.3 Å². The molecule has 0 bridgehead atoms. The van der Waals surface area contributed by atoms with Gasteiger partial charge in [-0.25, -0.2) is 0 Å². The lowest BCUT2D eigenvalue weighted by atomic mass is 9.96. The summed E-state index contributed by atoms with van der Waals surface area (Å²) >= 11 is 0. The number of carbonyl (C=O) groups is 1. The summed E-state index contributed by atoms with van der Waals surface area (Å²) in [5, 5.41) is 10.4. The van der Waals surface area contributed by atoms with Crippen molar-refractivity contribution >= 4 is 22.6 Å². The molecule has 4 heteroatoms. The number of aryl methyl sites for hydroxylation is 1. The molecule has 0 amide bonds. The van der Waals surface area contributed by atoms with Crippen molar-refractivity contribution in [1.82, 2.24) is 4.98 Å². The maximum absolute atomic E-state index is 11.3. The van der Waals surface area contributed by atoms with E-state index in [1.807, 2.05) is 25.1 Å². The minimum atomic E-state index is -0.799. The molecule has 2 aromatic rings. The van der Waals surface area contributed by atoms with Gasteiger partial charge in [-0.05, 0) is 31.7 Å². The second-order valence-electron chi connectivity index (χ2n) is 6.28. The second kappa shape index (κ2) is 5.95. The number of anilines is 1. The Hall–Kier alpha value is -2.10. The summed E-state index contributed by atoms with van der Waals surface area (Å²) in [5.74, 6) is -0.0554. The highest BCUT2D eigenvalue weighted by atomic mass is 16.4. The van der Waals surface area contributed by atoms with E-state index < -0.39 is 5.97 Å². The van der Waals surface area contributed by atoms with Gasteiger partial charge in [0.25, 0.3) is 0 Å². The number of carboxylic acids is 1. The van der Waals surface area contributed by atoms with Gasteiger partial charge in [0, 0.05) is 29.7 Å². The van der Waals surface area contributed by atoms with Crippen LogP contribution in [-0.4, -0.2) is 29.1 Å². The number of carboxylic acid groups (broad SMARTS) is 1. The van der Waals surface area contributed by atoms with Crippen LogP contribution < -0.4 is 4.90 Å². The summed E-state index contributed by atoms with van der Waals surface area (Å²) in [6.45, 7) is 6.18. The predicted octanol–water partition coefficient (Wildman–Crippen LogP) is 3.41. The predicted molar refractivity (Wildman–Crippen MR) is 88.4 cm³/mol. The van der Waals surface area contributed by atoms with Crippen LogP contribution >= 0.6 is 0 Å². The van der Waals surface area contributed by atoms with Crippen molar-refractivity contribution in [3.8, 4) is 0 Å². The van der Waals surface area contributed by atoms with E-state index in [9.17, 15) is 9.90 Å². The number of hydrogen-bond donors (Lipinski definition) is 1. The zero-order valence-electron chi connectivity index (χ0n) is 13.2. The Morgan fingerprint density at radius 2 is 2.00 bits per heavy atom. The molecule has 1 aromatic heterocycles. The first-order chi connectivity index (χ1) is 10.6. The Morgan fingerprint density at radius 3 is 2.68 bits per heavy atom. The number of piperidine rings is 1. The molecule has 0 spiro atoms. The summed E-state index contributed by atoms with van der Waals surface area (Å²) in [7, 11) is 0. The number of hydrogen-bond acceptors (Lipinski definition) is 3. The number of benzene rings is 1. The minimum Gasteiger partial charge on any atom is -0.481 e. The van der Waals surface area contributed by atoms with Gasteiger partial charge in [0.05, 0.1) is 17.6 Å². The topological polar surface area (TPSA) is 53.4 Å². The lowest BCUT2D eigenvalue weighted by Gasteiger charge is -2.34. The van der Waals surface area contributed by atoms with Gasteiger partial charge in [-0.2, -0.15) is 0 Å². The van der Waals surface area contributed by atoms with E-state index in [2.05, 4.69) is 22.9 Å². The van der Waals surface area contributed by atoms with Crippen LogP contribution in [0.5, 0.6) is 0 Å². The molecule has 0 aliphatic carbocycles. The molecule has 0 unspecified atom stereocenters. The van der Waals surface area contributed by atoms with E-state index in [4.69, 9.17) is 0 Å². The van der Waals surface area contributed by atoms with Crippen LogP contribution in [-0.2, 0) is 11.2 Å². The lowest BCUT2D eigenvalue weighted by molar-refractivity contribution is -0.136. The molecule has 1 N–H and O–H groups in total. The Morgan fingerprint density at radius 1 is 1.32 bits per heavy atom. The van der Waals surface area contributed by atoms with Crippen molar-refractivity contribution < 1.29 is 9.90 Å². The Kier molecular flexibility index (Phi) is 4.01. The minimum absolute atomic E-state index is 0.0328. The Balaban J connectivity index is 2.16. The SMILES string of the molecule is Cc1nc2ccccc2c(N2CCC(C)CC2)c1CC(=O)O. The van der Waals surface area contributed by atoms with Gasteiger partial charge in [-0.3, -0.25) is 9.78 Å². The number of fused-ring (bicyclic) bond motifs is 1. The van der Waals surface area contributed by atoms with Crippen molar-refractivity contribution in [1.29, 1.82) is 0 Å². The summed E-state index contributed by atoms with van der Waals surface area (Å²) in [4.78, 5) is 18.3. The summed E-state index contributed by atoms with van der Waals surface area (Å²) in [6.07, 6.45) is 2.34. The number of aliphatic carboxylic acids is 1. The van der Waals surface area contributed by atoms with Gasteiger partial charge >= 0.3 is 5.97 Å². The fourth-order valence-electron chi connectivity index (χ4n) is 3.31. The quantitative estimate of drug-likeness (QED) is 0.943. The molecule has 1 saturated heterocycles. The van der Waals surface area contributed by atoms with E-state index in [0.717, 1.165) is 59.7 Å². The van der Waals surface area contributed by atoms with Gasteiger partial charge in [0.2, 0.25) is 0 Å². The molecule has 1 aromatic carbocycles. The normalized spacial score (nSPS) is 16.2. The highest BCUT2D eigenvalue weighted by molar-refractivity contribution is 5.95. The molecule has 0 saturated carbocycles. The standard InChI is InChI=1S/C18H22N2O2/c1-12-7-9-20(10-8-12)18-14-5-3-4-6-16(14)19-13(2)15(18)11-17(21)22/h3-6,12H,7-11H2,1-2H3,(H,21,22). The fraction of sp³-hybridized carbons (Fsp3) is 0.444. The molecule has 0 radical (unpaired) electrons. The fourth-order valence-corrected chi connectivity index (χ4v) is 3.31. The van der Waals surface area contributed by atoms with Crippen LogP contribution in [0, 0.1) is 12.8 Å². The zero-order chi connectivity index (χ0) is 15.7. The smallest absolute Gasteiger partial charge is 0.307 e. The van der Waals surface area contributed by atoms with E-state index in [1.54, 1.807) is 0 Å². The third kappa shape index (κ3) is 2.78. The largest absolute Gasteiger partial charge is 0.481 e. The third-order valence-corrected chi connectivity index (χ3v) is 4.60. The van der Waals surface area contributed by atoms with Crippen molar-refractivity contribution in [3.05, 3.63) is 35.5 Å². The lowest BCUT2D eigenvalue weighted by Crippen LogP contribution is -2.34. The van der Waals surface area contributed by atoms with Crippen LogP contribution in [0.4, 0.5) is 5.69 Å². The average Bonchev–Trinajstić information content (AvgIpc) is 2.49. The highest BCUT2D eigenvalue weighted by Crippen LogP contribution is 2.34. The van der Waals surface area contributed by atoms with E-state index in [1.165, 1.54) is 0 Å². The van der Waals surface area contributed by atoms with Crippen molar-refractivity contribution in [2.24, 2.45) is 5.92 Å². The zero-order valence-corrected chi connectivity index (χ0v) is 13.2. The maximum Gasteiger partial charge on any atom is 0.307 e. The molecule has 1 fully saturated rings. The summed E-state index contributed by atoms with van der Waals surface area (Å²) in [6, 6.07) is 8.04. The van der Waals surface area contributed by atoms with Crippen LogP contribution in [0.1, 0.15) is 31.0 Å².